The summed E-state index contributed by atoms with van der Waals surface area (Å²) in [5.74, 6) is -0.338. The van der Waals surface area contributed by atoms with Crippen LogP contribution in [0.5, 0.6) is 0 Å². The number of aliphatic imine (C=N–C) groups is 1. The minimum Gasteiger partial charge on any atom is -0.328 e. The maximum atomic E-state index is 9.44. The van der Waals surface area contributed by atoms with Gasteiger partial charge in [-0.05, 0) is 18.4 Å². The summed E-state index contributed by atoms with van der Waals surface area (Å²) in [5, 5.41) is 14.4. The van der Waals surface area contributed by atoms with Gasteiger partial charge in [0.05, 0.1) is 24.5 Å². The van der Waals surface area contributed by atoms with Crippen molar-refractivity contribution in [1.82, 2.24) is 4.98 Å². The number of nitrogens with one attached hydrogen (secondary N) is 2. The number of likely N-dealkylation sites (N-methyl/N-ethyl adjacent to an activating group) is 1. The van der Waals surface area contributed by atoms with Gasteiger partial charge in [-0.15, -0.1) is 22.7 Å². The van der Waals surface area contributed by atoms with Crippen LogP contribution in [-0.4, -0.2) is 51.0 Å². The highest BCUT2D eigenvalue weighted by Crippen LogP contribution is 2.19. The number of hydrogen-bond acceptors (Lipinski definition) is 5. The minimum absolute atomic E-state index is 0.338. The lowest BCUT2D eigenvalue weighted by Gasteiger charge is -2.32. The lowest BCUT2D eigenvalue weighted by atomic mass is 10.1. The quantitative estimate of drug-likeness (QED) is 0.716. The van der Waals surface area contributed by atoms with Crippen LogP contribution in [0.3, 0.4) is 0 Å². The largest absolute Gasteiger partial charge is 0.328 e. The molecule has 7 heteroatoms. The molecular formula is C18H25N5S2+2. The molecule has 2 atom stereocenters. The van der Waals surface area contributed by atoms with Crippen molar-refractivity contribution in [3.8, 4) is 6.07 Å². The van der Waals surface area contributed by atoms with E-state index in [0.717, 1.165) is 17.2 Å². The zero-order chi connectivity index (χ0) is 17.6. The SMILES string of the molecule is Cc1csc([C@H](C#N)C=NC[C@H](c2cccs2)[NH+]2CC[NH+](C)CC2)n1. The van der Waals surface area contributed by atoms with Gasteiger partial charge in [0.1, 0.15) is 43.1 Å². The van der Waals surface area contributed by atoms with Crippen LogP contribution in [0.25, 0.3) is 0 Å². The van der Waals surface area contributed by atoms with Crippen molar-refractivity contribution in [3.05, 3.63) is 38.5 Å². The topological polar surface area (TPSA) is 57.9 Å². The zero-order valence-corrected chi connectivity index (χ0v) is 16.4. The molecule has 5 nitrogen and oxygen atoms in total. The van der Waals surface area contributed by atoms with E-state index in [0.29, 0.717) is 6.04 Å². The van der Waals surface area contributed by atoms with E-state index in [1.807, 2.05) is 23.6 Å². The molecule has 0 radical (unpaired) electrons. The van der Waals surface area contributed by atoms with Gasteiger partial charge in [-0.25, -0.2) is 4.98 Å². The van der Waals surface area contributed by atoms with Crippen LogP contribution < -0.4 is 9.80 Å². The number of thiazole rings is 1. The van der Waals surface area contributed by atoms with Gasteiger partial charge in [0.25, 0.3) is 0 Å². The fourth-order valence-corrected chi connectivity index (χ4v) is 4.87. The Bertz CT molecular complexity index is 723. The summed E-state index contributed by atoms with van der Waals surface area (Å²) in [4.78, 5) is 13.7. The van der Waals surface area contributed by atoms with Crippen LogP contribution in [0.1, 0.15) is 27.5 Å². The third-order valence-electron chi connectivity index (χ3n) is 4.71. The third kappa shape index (κ3) is 4.73. The Labute approximate surface area is 157 Å². The number of aryl methyl sites for hydroxylation is 1. The van der Waals surface area contributed by atoms with E-state index in [1.54, 1.807) is 16.0 Å². The zero-order valence-electron chi connectivity index (χ0n) is 14.7. The normalized spacial score (nSPS) is 23.4. The van der Waals surface area contributed by atoms with E-state index in [1.165, 1.54) is 42.4 Å². The van der Waals surface area contributed by atoms with E-state index >= 15 is 0 Å². The van der Waals surface area contributed by atoms with Crippen LogP contribution in [0, 0.1) is 18.3 Å². The van der Waals surface area contributed by atoms with E-state index in [-0.39, 0.29) is 5.92 Å². The predicted molar refractivity (Wildman–Crippen MR) is 103 cm³/mol. The Morgan fingerprint density at radius 1 is 1.36 bits per heavy atom. The van der Waals surface area contributed by atoms with Crippen LogP contribution in [0.2, 0.25) is 0 Å². The number of nitrogens with zero attached hydrogens (tertiary/aromatic N) is 3. The van der Waals surface area contributed by atoms with Crippen LogP contribution in [-0.2, 0) is 0 Å². The van der Waals surface area contributed by atoms with Gasteiger partial charge in [-0.2, -0.15) is 5.26 Å². The molecule has 2 aromatic rings. The number of nitriles is 1. The highest BCUT2D eigenvalue weighted by molar-refractivity contribution is 7.10. The van der Waals surface area contributed by atoms with Crippen LogP contribution in [0.15, 0.2) is 27.9 Å². The van der Waals surface area contributed by atoms with Gasteiger partial charge in [-0.3, -0.25) is 4.99 Å². The predicted octanol–water partition coefficient (Wildman–Crippen LogP) is 0.346. The molecule has 0 amide bonds. The Hall–Kier alpha value is -1.59. The first kappa shape index (κ1) is 18.2. The second kappa shape index (κ2) is 8.68. The highest BCUT2D eigenvalue weighted by atomic mass is 32.1. The summed E-state index contributed by atoms with van der Waals surface area (Å²) in [7, 11) is 2.27. The van der Waals surface area contributed by atoms with Crippen molar-refractivity contribution in [2.45, 2.75) is 18.9 Å². The van der Waals surface area contributed by atoms with Crippen LogP contribution >= 0.6 is 22.7 Å². The molecule has 132 valence electrons. The Morgan fingerprint density at radius 2 is 2.16 bits per heavy atom. The molecule has 0 aliphatic carbocycles. The van der Waals surface area contributed by atoms with Gasteiger partial charge >= 0.3 is 0 Å². The summed E-state index contributed by atoms with van der Waals surface area (Å²) in [5.41, 5.74) is 0.967. The van der Waals surface area contributed by atoms with Crippen molar-refractivity contribution in [1.29, 1.82) is 5.26 Å². The third-order valence-corrected chi connectivity index (χ3v) is 6.74. The maximum Gasteiger partial charge on any atom is 0.142 e. The average Bonchev–Trinajstić information content (AvgIpc) is 3.28. The number of quaternary nitrogens is 2. The lowest BCUT2D eigenvalue weighted by Crippen LogP contribution is -3.27. The van der Waals surface area contributed by atoms with Gasteiger partial charge in [0, 0.05) is 17.3 Å². The molecule has 0 bridgehead atoms. The molecular weight excluding hydrogens is 350 g/mol. The maximum absolute atomic E-state index is 9.44. The summed E-state index contributed by atoms with van der Waals surface area (Å²) in [6, 6.07) is 7.04. The summed E-state index contributed by atoms with van der Waals surface area (Å²) in [6.07, 6.45) is 1.79. The Balaban J connectivity index is 1.69. The molecule has 1 saturated heterocycles. The monoisotopic (exact) mass is 375 g/mol. The number of piperazine rings is 1. The molecule has 1 aliphatic rings. The van der Waals surface area contributed by atoms with Crippen molar-refractivity contribution >= 4 is 28.9 Å². The van der Waals surface area contributed by atoms with Gasteiger partial charge < -0.3 is 9.80 Å². The summed E-state index contributed by atoms with van der Waals surface area (Å²) in [6.45, 7) is 7.46. The molecule has 2 aromatic heterocycles. The second-order valence-electron chi connectivity index (χ2n) is 6.63. The fourth-order valence-electron chi connectivity index (χ4n) is 3.20. The van der Waals surface area contributed by atoms with E-state index in [9.17, 15) is 5.26 Å². The van der Waals surface area contributed by atoms with E-state index in [2.05, 4.69) is 40.6 Å². The molecule has 0 saturated carbocycles. The summed E-state index contributed by atoms with van der Waals surface area (Å²) >= 11 is 3.35. The van der Waals surface area contributed by atoms with Crippen molar-refractivity contribution in [2.75, 3.05) is 39.8 Å². The molecule has 1 aliphatic heterocycles. The van der Waals surface area contributed by atoms with Crippen molar-refractivity contribution in [3.63, 3.8) is 0 Å². The molecule has 0 aromatic carbocycles. The molecule has 1 fully saturated rings. The molecule has 2 N–H and O–H groups in total. The Kier molecular flexibility index (Phi) is 6.32. The lowest BCUT2D eigenvalue weighted by molar-refractivity contribution is -1.02. The molecule has 3 heterocycles. The second-order valence-corrected chi connectivity index (χ2v) is 8.50. The first-order valence-corrected chi connectivity index (χ1v) is 10.4. The van der Waals surface area contributed by atoms with E-state index in [4.69, 9.17) is 0 Å². The number of hydrogen-bond donors (Lipinski definition) is 2. The highest BCUT2D eigenvalue weighted by Gasteiger charge is 2.29. The molecule has 3 rings (SSSR count). The number of aromatic nitrogens is 1. The van der Waals surface area contributed by atoms with Gasteiger partial charge in [0.15, 0.2) is 0 Å². The van der Waals surface area contributed by atoms with Gasteiger partial charge in [0.2, 0.25) is 0 Å². The Morgan fingerprint density at radius 3 is 2.76 bits per heavy atom. The fraction of sp³-hybridized carbons (Fsp3) is 0.500. The summed E-state index contributed by atoms with van der Waals surface area (Å²) < 4.78 is 0. The number of thiophene rings is 1. The molecule has 0 spiro atoms. The first-order valence-electron chi connectivity index (χ1n) is 8.68. The molecule has 25 heavy (non-hydrogen) atoms. The average molecular weight is 376 g/mol. The van der Waals surface area contributed by atoms with Crippen molar-refractivity contribution < 1.29 is 9.80 Å². The van der Waals surface area contributed by atoms with E-state index < -0.39 is 0 Å². The smallest absolute Gasteiger partial charge is 0.142 e. The van der Waals surface area contributed by atoms with Crippen molar-refractivity contribution in [2.24, 2.45) is 4.99 Å². The van der Waals surface area contributed by atoms with Gasteiger partial charge in [-0.1, -0.05) is 6.07 Å². The standard InChI is InChI=1S/C18H23N5S2/c1-14-13-25-18(21-14)15(10-19)11-20-12-16(17-4-3-9-24-17)23-7-5-22(2)6-8-23/h3-4,9,11,13,15-16H,5-8,12H2,1-2H3/p+2/t15-,16-/m1/s1. The van der Waals surface area contributed by atoms with Crippen LogP contribution in [0.4, 0.5) is 0 Å². The number of rotatable bonds is 6. The minimum atomic E-state index is -0.338. The molecule has 0 unspecified atom stereocenters. The first-order chi connectivity index (χ1) is 12.2.